The normalized spacial score (nSPS) is 36.2. The Morgan fingerprint density at radius 1 is 1.07 bits per heavy atom. The molecule has 6 atom stereocenters. The summed E-state index contributed by atoms with van der Waals surface area (Å²) in [6.07, 6.45) is 5.78. The number of Topliss-reactive ketones (excluding diaryl/α,β-unsaturated/α-hetero) is 2. The number of ether oxygens (including phenoxy) is 1. The van der Waals surface area contributed by atoms with E-state index in [9.17, 15) is 14.4 Å². The molecule has 4 heteroatoms. The van der Waals surface area contributed by atoms with Gasteiger partial charge in [-0.15, -0.1) is 0 Å². The summed E-state index contributed by atoms with van der Waals surface area (Å²) in [5, 5.41) is 1.81. The molecule has 146 valence electrons. The second-order valence-electron chi connectivity index (χ2n) is 8.82. The number of esters is 1. The Balaban J connectivity index is 1.68. The van der Waals surface area contributed by atoms with Crippen molar-refractivity contribution in [2.24, 2.45) is 29.6 Å². The van der Waals surface area contributed by atoms with E-state index in [1.807, 2.05) is 42.5 Å². The maximum atomic E-state index is 13.2. The summed E-state index contributed by atoms with van der Waals surface area (Å²) >= 11 is 0. The van der Waals surface area contributed by atoms with Crippen molar-refractivity contribution in [3.63, 3.8) is 0 Å². The first-order valence-corrected chi connectivity index (χ1v) is 10.6. The highest BCUT2D eigenvalue weighted by atomic mass is 16.5. The second kappa shape index (κ2) is 5.65. The van der Waals surface area contributed by atoms with Crippen molar-refractivity contribution in [3.8, 4) is 0 Å². The average Bonchev–Trinajstić information content (AvgIpc) is 3.43. The summed E-state index contributed by atoms with van der Waals surface area (Å²) in [7, 11) is 0. The zero-order valence-corrected chi connectivity index (χ0v) is 16.3. The summed E-state index contributed by atoms with van der Waals surface area (Å²) < 4.78 is 5.34. The molecule has 4 aliphatic carbocycles. The van der Waals surface area contributed by atoms with Crippen LogP contribution >= 0.6 is 0 Å². The Morgan fingerprint density at radius 2 is 1.86 bits per heavy atom. The van der Waals surface area contributed by atoms with Gasteiger partial charge in [-0.05, 0) is 48.1 Å². The van der Waals surface area contributed by atoms with Gasteiger partial charge in [0.2, 0.25) is 0 Å². The van der Waals surface area contributed by atoms with E-state index >= 15 is 0 Å². The Hall–Kier alpha value is -2.75. The van der Waals surface area contributed by atoms with Crippen molar-refractivity contribution in [1.82, 2.24) is 0 Å². The molecule has 4 bridgehead atoms. The van der Waals surface area contributed by atoms with E-state index in [1.165, 1.54) is 0 Å². The van der Waals surface area contributed by atoms with Crippen LogP contribution in [0.1, 0.15) is 35.7 Å². The second-order valence-corrected chi connectivity index (χ2v) is 8.82. The van der Waals surface area contributed by atoms with Crippen LogP contribution in [0, 0.1) is 29.6 Å². The van der Waals surface area contributed by atoms with Crippen LogP contribution in [0.15, 0.2) is 48.6 Å². The van der Waals surface area contributed by atoms with Crippen LogP contribution in [0.4, 0.5) is 0 Å². The van der Waals surface area contributed by atoms with Crippen LogP contribution in [-0.2, 0) is 19.7 Å². The highest BCUT2D eigenvalue weighted by molar-refractivity contribution is 6.09. The predicted octanol–water partition coefficient (Wildman–Crippen LogP) is 3.86. The van der Waals surface area contributed by atoms with Gasteiger partial charge in [0.15, 0.2) is 0 Å². The molecule has 4 aliphatic rings. The minimum absolute atomic E-state index is 0.0251. The number of carbonyl (C=O) groups is 3. The standard InChI is InChI=1S/C25H22O4/c1-2-29-24(28)14-7-3-5-13-6-4-8-17(20(13)14)25-18-11-9-15(22(18)26)21(25)16-10-12-19(25)23(16)27/h3-9,11,15-16,18-19,21H,2,10,12H2,1H3. The van der Waals surface area contributed by atoms with Gasteiger partial charge in [0.25, 0.3) is 0 Å². The van der Waals surface area contributed by atoms with Crippen LogP contribution in [0.25, 0.3) is 10.8 Å². The first kappa shape index (κ1) is 17.1. The molecule has 6 unspecified atom stereocenters. The van der Waals surface area contributed by atoms with E-state index in [0.29, 0.717) is 18.0 Å². The number of carbonyl (C=O) groups excluding carboxylic acids is 3. The molecule has 0 spiro atoms. The van der Waals surface area contributed by atoms with Crippen LogP contribution in [-0.4, -0.2) is 24.1 Å². The third-order valence-corrected chi connectivity index (χ3v) is 7.95. The van der Waals surface area contributed by atoms with Crippen LogP contribution in [0.2, 0.25) is 0 Å². The highest BCUT2D eigenvalue weighted by Gasteiger charge is 2.75. The molecular formula is C25H22O4. The van der Waals surface area contributed by atoms with Gasteiger partial charge in [0.1, 0.15) is 11.6 Å². The first-order valence-electron chi connectivity index (χ1n) is 10.6. The van der Waals surface area contributed by atoms with Crippen molar-refractivity contribution >= 4 is 28.3 Å². The summed E-state index contributed by atoms with van der Waals surface area (Å²) in [4.78, 5) is 39.2. The van der Waals surface area contributed by atoms with E-state index in [-0.39, 0.29) is 41.3 Å². The number of hydrogen-bond acceptors (Lipinski definition) is 4. The van der Waals surface area contributed by atoms with Gasteiger partial charge < -0.3 is 4.74 Å². The molecule has 0 amide bonds. The summed E-state index contributed by atoms with van der Waals surface area (Å²) in [5.41, 5.74) is 1.01. The molecule has 29 heavy (non-hydrogen) atoms. The van der Waals surface area contributed by atoms with Crippen molar-refractivity contribution in [2.45, 2.75) is 25.2 Å². The van der Waals surface area contributed by atoms with Gasteiger partial charge in [-0.3, -0.25) is 9.59 Å². The van der Waals surface area contributed by atoms with E-state index in [1.54, 1.807) is 13.0 Å². The molecule has 3 saturated carbocycles. The number of ketones is 2. The fraction of sp³-hybridized carbons (Fsp3) is 0.400. The molecule has 4 nitrogen and oxygen atoms in total. The first-order chi connectivity index (χ1) is 14.1. The molecule has 2 aromatic rings. The Labute approximate surface area is 168 Å². The third kappa shape index (κ3) is 1.83. The van der Waals surface area contributed by atoms with Gasteiger partial charge in [0, 0.05) is 29.1 Å². The van der Waals surface area contributed by atoms with Crippen LogP contribution in [0.5, 0.6) is 0 Å². The minimum atomic E-state index is -0.515. The monoisotopic (exact) mass is 386 g/mol. The summed E-state index contributed by atoms with van der Waals surface area (Å²) in [6.45, 7) is 2.10. The Morgan fingerprint density at radius 3 is 2.66 bits per heavy atom. The van der Waals surface area contributed by atoms with Crippen molar-refractivity contribution in [1.29, 1.82) is 0 Å². The lowest BCUT2D eigenvalue weighted by Crippen LogP contribution is -2.44. The van der Waals surface area contributed by atoms with E-state index < -0.39 is 5.41 Å². The van der Waals surface area contributed by atoms with Gasteiger partial charge >= 0.3 is 5.97 Å². The lowest BCUT2D eigenvalue weighted by molar-refractivity contribution is -0.125. The number of allylic oxidation sites excluding steroid dienone is 2. The highest BCUT2D eigenvalue weighted by Crippen LogP contribution is 2.70. The lowest BCUT2D eigenvalue weighted by Gasteiger charge is -2.44. The van der Waals surface area contributed by atoms with Crippen molar-refractivity contribution in [2.75, 3.05) is 6.61 Å². The maximum Gasteiger partial charge on any atom is 0.338 e. The minimum Gasteiger partial charge on any atom is -0.462 e. The average molecular weight is 386 g/mol. The molecule has 0 saturated heterocycles. The fourth-order valence-corrected chi connectivity index (χ4v) is 7.19. The Bertz CT molecular complexity index is 1120. The Kier molecular flexibility index (Phi) is 3.34. The fourth-order valence-electron chi connectivity index (χ4n) is 7.19. The number of fused-ring (bicyclic) bond motifs is 10. The molecule has 0 N–H and O–H groups in total. The quantitative estimate of drug-likeness (QED) is 0.457. The van der Waals surface area contributed by atoms with Gasteiger partial charge in [-0.2, -0.15) is 0 Å². The molecule has 3 fully saturated rings. The van der Waals surface area contributed by atoms with Crippen LogP contribution in [0.3, 0.4) is 0 Å². The predicted molar refractivity (Wildman–Crippen MR) is 107 cm³/mol. The zero-order chi connectivity index (χ0) is 19.9. The number of benzene rings is 2. The third-order valence-electron chi connectivity index (χ3n) is 7.95. The maximum absolute atomic E-state index is 13.2. The van der Waals surface area contributed by atoms with E-state index in [4.69, 9.17) is 4.74 Å². The van der Waals surface area contributed by atoms with Crippen molar-refractivity contribution < 1.29 is 19.1 Å². The summed E-state index contributed by atoms with van der Waals surface area (Å²) in [6, 6.07) is 11.7. The van der Waals surface area contributed by atoms with Gasteiger partial charge in [0.05, 0.1) is 12.2 Å². The topological polar surface area (TPSA) is 60.4 Å². The van der Waals surface area contributed by atoms with Crippen LogP contribution < -0.4 is 0 Å². The summed E-state index contributed by atoms with van der Waals surface area (Å²) in [5.74, 6) is -0.343. The molecule has 0 aliphatic heterocycles. The molecule has 6 rings (SSSR count). The smallest absolute Gasteiger partial charge is 0.338 e. The number of hydrogen-bond donors (Lipinski definition) is 0. The molecule has 0 aromatic heterocycles. The molecule has 0 radical (unpaired) electrons. The van der Waals surface area contributed by atoms with Gasteiger partial charge in [-0.1, -0.05) is 42.5 Å². The number of rotatable bonds is 3. The SMILES string of the molecule is CCOC(=O)c1cccc2cccc(C34C5C=CC(C5=O)C3C3CCC4C3=O)c12. The largest absolute Gasteiger partial charge is 0.462 e. The molecular weight excluding hydrogens is 364 g/mol. The van der Waals surface area contributed by atoms with Gasteiger partial charge in [-0.25, -0.2) is 4.79 Å². The van der Waals surface area contributed by atoms with E-state index in [2.05, 4.69) is 0 Å². The lowest BCUT2D eigenvalue weighted by atomic mass is 9.57. The van der Waals surface area contributed by atoms with Crippen molar-refractivity contribution in [3.05, 3.63) is 59.7 Å². The molecule has 0 heterocycles. The van der Waals surface area contributed by atoms with E-state index in [0.717, 1.165) is 29.2 Å². The molecule has 2 aromatic carbocycles. The zero-order valence-electron chi connectivity index (χ0n) is 16.3.